The summed E-state index contributed by atoms with van der Waals surface area (Å²) in [6.45, 7) is 3.06. The molecule has 0 amide bonds. The summed E-state index contributed by atoms with van der Waals surface area (Å²) in [5.41, 5.74) is 0. The van der Waals surface area contributed by atoms with E-state index < -0.39 is 0 Å². The van der Waals surface area contributed by atoms with Gasteiger partial charge in [-0.2, -0.15) is 0 Å². The highest BCUT2D eigenvalue weighted by atomic mass is 16.6. The summed E-state index contributed by atoms with van der Waals surface area (Å²) in [5, 5.41) is 2.70. The number of rotatable bonds is 11. The lowest BCUT2D eigenvalue weighted by Crippen LogP contribution is -2.22. The van der Waals surface area contributed by atoms with Gasteiger partial charge in [0.1, 0.15) is 6.61 Å². The molecule has 0 saturated carbocycles. The standard InChI is InChI=1S/C10H21NO5/c1-11-9-10(12)16-8-7-15-6-5-14-4-3-13-2/h11H,3-9H2,1-2H3. The van der Waals surface area contributed by atoms with Crippen LogP contribution in [-0.4, -0.2) is 66.3 Å². The number of ether oxygens (including phenoxy) is 4. The van der Waals surface area contributed by atoms with Crippen LogP contribution >= 0.6 is 0 Å². The van der Waals surface area contributed by atoms with Crippen molar-refractivity contribution >= 4 is 5.97 Å². The zero-order valence-electron chi connectivity index (χ0n) is 9.99. The highest BCUT2D eigenvalue weighted by molar-refractivity contribution is 5.71. The molecule has 0 atom stereocenters. The zero-order chi connectivity index (χ0) is 12.1. The van der Waals surface area contributed by atoms with Crippen LogP contribution in [0.1, 0.15) is 0 Å². The normalized spacial score (nSPS) is 10.4. The second kappa shape index (κ2) is 12.4. The van der Waals surface area contributed by atoms with E-state index in [0.29, 0.717) is 33.0 Å². The molecule has 6 nitrogen and oxygen atoms in total. The second-order valence-electron chi connectivity index (χ2n) is 2.97. The number of carbonyl (C=O) groups excluding carboxylic acids is 1. The van der Waals surface area contributed by atoms with Gasteiger partial charge in [-0.15, -0.1) is 0 Å². The van der Waals surface area contributed by atoms with E-state index in [-0.39, 0.29) is 19.1 Å². The maximum absolute atomic E-state index is 10.9. The van der Waals surface area contributed by atoms with E-state index in [1.807, 2.05) is 0 Å². The number of likely N-dealkylation sites (N-methyl/N-ethyl adjacent to an activating group) is 1. The monoisotopic (exact) mass is 235 g/mol. The molecule has 0 heterocycles. The van der Waals surface area contributed by atoms with Crippen molar-refractivity contribution in [3.63, 3.8) is 0 Å². The lowest BCUT2D eigenvalue weighted by molar-refractivity contribution is -0.144. The Kier molecular flexibility index (Phi) is 11.8. The fraction of sp³-hybridized carbons (Fsp3) is 0.900. The van der Waals surface area contributed by atoms with E-state index in [1.54, 1.807) is 14.2 Å². The Hall–Kier alpha value is -0.690. The number of esters is 1. The van der Waals surface area contributed by atoms with Crippen molar-refractivity contribution in [2.75, 3.05) is 60.3 Å². The van der Waals surface area contributed by atoms with Gasteiger partial charge in [0.2, 0.25) is 0 Å². The minimum absolute atomic E-state index is 0.222. The molecule has 0 aliphatic rings. The van der Waals surface area contributed by atoms with Gasteiger partial charge in [-0.05, 0) is 7.05 Å². The molecule has 0 aromatic heterocycles. The summed E-state index contributed by atoms with van der Waals surface area (Å²) in [4.78, 5) is 10.9. The van der Waals surface area contributed by atoms with Crippen molar-refractivity contribution in [3.8, 4) is 0 Å². The van der Waals surface area contributed by atoms with Crippen LogP contribution in [0.15, 0.2) is 0 Å². The number of hydrogen-bond donors (Lipinski definition) is 1. The van der Waals surface area contributed by atoms with Crippen LogP contribution in [0.4, 0.5) is 0 Å². The molecule has 0 aliphatic heterocycles. The quantitative estimate of drug-likeness (QED) is 0.382. The average molecular weight is 235 g/mol. The molecule has 16 heavy (non-hydrogen) atoms. The number of carbonyl (C=O) groups is 1. The van der Waals surface area contributed by atoms with Gasteiger partial charge in [0.15, 0.2) is 0 Å². The third-order valence-corrected chi connectivity index (χ3v) is 1.62. The third-order valence-electron chi connectivity index (χ3n) is 1.62. The Labute approximate surface area is 96.2 Å². The molecular weight excluding hydrogens is 214 g/mol. The molecule has 0 unspecified atom stereocenters. The van der Waals surface area contributed by atoms with Crippen LogP contribution in [0, 0.1) is 0 Å². The number of hydrogen-bond acceptors (Lipinski definition) is 6. The van der Waals surface area contributed by atoms with Gasteiger partial charge in [0, 0.05) is 7.11 Å². The van der Waals surface area contributed by atoms with Crippen LogP contribution < -0.4 is 5.32 Å². The SMILES string of the molecule is CNCC(=O)OCCOCCOCCOC. The molecule has 0 rings (SSSR count). The van der Waals surface area contributed by atoms with E-state index >= 15 is 0 Å². The first-order valence-electron chi connectivity index (χ1n) is 5.26. The van der Waals surface area contributed by atoms with Crippen molar-refractivity contribution in [3.05, 3.63) is 0 Å². The summed E-state index contributed by atoms with van der Waals surface area (Å²) in [5.74, 6) is -0.276. The molecule has 0 bridgehead atoms. The van der Waals surface area contributed by atoms with Gasteiger partial charge in [0.05, 0.1) is 39.6 Å². The minimum atomic E-state index is -0.276. The van der Waals surface area contributed by atoms with Crippen molar-refractivity contribution in [1.82, 2.24) is 5.32 Å². The summed E-state index contributed by atoms with van der Waals surface area (Å²) in [6.07, 6.45) is 0. The predicted molar refractivity (Wildman–Crippen MR) is 58.4 cm³/mol. The van der Waals surface area contributed by atoms with E-state index in [1.165, 1.54) is 0 Å². The number of nitrogens with one attached hydrogen (secondary N) is 1. The Morgan fingerprint density at radius 3 is 2.12 bits per heavy atom. The Balaban J connectivity index is 3.01. The first-order valence-corrected chi connectivity index (χ1v) is 5.26. The summed E-state index contributed by atoms with van der Waals surface area (Å²) < 4.78 is 20.0. The van der Waals surface area contributed by atoms with Gasteiger partial charge < -0.3 is 24.3 Å². The molecule has 0 aromatic carbocycles. The van der Waals surface area contributed by atoms with Gasteiger partial charge >= 0.3 is 5.97 Å². The van der Waals surface area contributed by atoms with E-state index in [9.17, 15) is 4.79 Å². The smallest absolute Gasteiger partial charge is 0.319 e. The van der Waals surface area contributed by atoms with Crippen molar-refractivity contribution in [2.24, 2.45) is 0 Å². The average Bonchev–Trinajstić information content (AvgIpc) is 2.27. The molecule has 0 aromatic rings. The van der Waals surface area contributed by atoms with E-state index in [0.717, 1.165) is 0 Å². The van der Waals surface area contributed by atoms with Gasteiger partial charge in [-0.1, -0.05) is 0 Å². The lowest BCUT2D eigenvalue weighted by Gasteiger charge is -2.06. The number of methoxy groups -OCH3 is 1. The van der Waals surface area contributed by atoms with Gasteiger partial charge in [-0.25, -0.2) is 0 Å². The highest BCUT2D eigenvalue weighted by Crippen LogP contribution is 1.82. The second-order valence-corrected chi connectivity index (χ2v) is 2.97. The van der Waals surface area contributed by atoms with Crippen molar-refractivity contribution < 1.29 is 23.7 Å². The van der Waals surface area contributed by atoms with Gasteiger partial charge in [0.25, 0.3) is 0 Å². The maximum Gasteiger partial charge on any atom is 0.319 e. The molecule has 1 N–H and O–H groups in total. The minimum Gasteiger partial charge on any atom is -0.462 e. The van der Waals surface area contributed by atoms with Crippen LogP contribution in [0.3, 0.4) is 0 Å². The summed E-state index contributed by atoms with van der Waals surface area (Å²) in [6, 6.07) is 0. The van der Waals surface area contributed by atoms with Crippen molar-refractivity contribution in [2.45, 2.75) is 0 Å². The molecule has 0 aliphatic carbocycles. The largest absolute Gasteiger partial charge is 0.462 e. The molecule has 0 spiro atoms. The topological polar surface area (TPSA) is 66.0 Å². The van der Waals surface area contributed by atoms with Gasteiger partial charge in [-0.3, -0.25) is 4.79 Å². The molecule has 0 radical (unpaired) electrons. The molecule has 6 heteroatoms. The fourth-order valence-electron chi connectivity index (χ4n) is 0.874. The summed E-state index contributed by atoms with van der Waals surface area (Å²) >= 11 is 0. The maximum atomic E-state index is 10.9. The summed E-state index contributed by atoms with van der Waals surface area (Å²) in [7, 11) is 3.31. The molecule has 0 fully saturated rings. The predicted octanol–water partition coefficient (Wildman–Crippen LogP) is -0.571. The first-order chi connectivity index (χ1) is 7.81. The molecule has 96 valence electrons. The first kappa shape index (κ1) is 15.3. The van der Waals surface area contributed by atoms with E-state index in [2.05, 4.69) is 5.32 Å². The van der Waals surface area contributed by atoms with E-state index in [4.69, 9.17) is 18.9 Å². The highest BCUT2D eigenvalue weighted by Gasteiger charge is 1.99. The van der Waals surface area contributed by atoms with Crippen LogP contribution in [-0.2, 0) is 23.7 Å². The Morgan fingerprint density at radius 1 is 1.00 bits per heavy atom. The molecular formula is C10H21NO5. The fourth-order valence-corrected chi connectivity index (χ4v) is 0.874. The van der Waals surface area contributed by atoms with Crippen LogP contribution in [0.2, 0.25) is 0 Å². The van der Waals surface area contributed by atoms with Crippen molar-refractivity contribution in [1.29, 1.82) is 0 Å². The lowest BCUT2D eigenvalue weighted by atomic mass is 10.6. The van der Waals surface area contributed by atoms with Crippen LogP contribution in [0.25, 0.3) is 0 Å². The molecule has 0 saturated heterocycles. The zero-order valence-corrected chi connectivity index (χ0v) is 9.99. The third kappa shape index (κ3) is 11.4. The Morgan fingerprint density at radius 2 is 1.56 bits per heavy atom. The Bertz CT molecular complexity index is 165. The van der Waals surface area contributed by atoms with Crippen LogP contribution in [0.5, 0.6) is 0 Å².